The summed E-state index contributed by atoms with van der Waals surface area (Å²) in [5.41, 5.74) is 1.22. The van der Waals surface area contributed by atoms with Gasteiger partial charge in [-0.3, -0.25) is 9.59 Å². The summed E-state index contributed by atoms with van der Waals surface area (Å²) < 4.78 is -0.0225. The van der Waals surface area contributed by atoms with E-state index in [1.165, 1.54) is 18.7 Å². The molecule has 0 amide bonds. The molecular formula is C23H17ClINO4S. The maximum absolute atomic E-state index is 13.2. The van der Waals surface area contributed by atoms with E-state index in [0.29, 0.717) is 33.7 Å². The lowest BCUT2D eigenvalue weighted by Crippen LogP contribution is -2.17. The minimum absolute atomic E-state index is 0.0225. The van der Waals surface area contributed by atoms with Gasteiger partial charge in [-0.1, -0.05) is 41.0 Å². The van der Waals surface area contributed by atoms with Gasteiger partial charge in [0.15, 0.2) is 0 Å². The molecule has 0 saturated heterocycles. The summed E-state index contributed by atoms with van der Waals surface area (Å²) in [5.74, 6) is -0.381. The van der Waals surface area contributed by atoms with Crippen LogP contribution in [-0.2, 0) is 9.63 Å². The fourth-order valence-electron chi connectivity index (χ4n) is 2.88. The Bertz CT molecular complexity index is 1180. The Hall–Kier alpha value is -2.23. The lowest BCUT2D eigenvalue weighted by atomic mass is 9.98. The van der Waals surface area contributed by atoms with Crippen LogP contribution in [0.5, 0.6) is 0 Å². The van der Waals surface area contributed by atoms with Gasteiger partial charge in [-0.15, -0.1) is 11.8 Å². The molecule has 0 aromatic heterocycles. The molecule has 0 spiro atoms. The summed E-state index contributed by atoms with van der Waals surface area (Å²) >= 11 is 9.52. The molecule has 3 aromatic rings. The second-order valence-corrected chi connectivity index (χ2v) is 9.04. The summed E-state index contributed by atoms with van der Waals surface area (Å²) in [6, 6.07) is 17.9. The maximum Gasteiger partial charge on any atom is 0.331 e. The van der Waals surface area contributed by atoms with E-state index in [9.17, 15) is 14.4 Å². The highest BCUT2D eigenvalue weighted by atomic mass is 127. The van der Waals surface area contributed by atoms with Crippen molar-refractivity contribution in [3.8, 4) is 0 Å². The zero-order valence-corrected chi connectivity index (χ0v) is 20.2. The molecule has 0 unspecified atom stereocenters. The predicted octanol–water partition coefficient (Wildman–Crippen LogP) is 6.35. The molecule has 0 N–H and O–H groups in total. The van der Waals surface area contributed by atoms with Crippen LogP contribution < -0.4 is 0 Å². The highest BCUT2D eigenvalue weighted by molar-refractivity contribution is 14.1. The van der Waals surface area contributed by atoms with E-state index >= 15 is 0 Å². The summed E-state index contributed by atoms with van der Waals surface area (Å²) in [7, 11) is 0. The van der Waals surface area contributed by atoms with Crippen LogP contribution in [0.15, 0.2) is 70.7 Å². The number of hydrogen-bond donors (Lipinski definition) is 0. The van der Waals surface area contributed by atoms with Crippen molar-refractivity contribution in [3.05, 3.63) is 76.8 Å². The second kappa shape index (κ2) is 10.9. The van der Waals surface area contributed by atoms with Gasteiger partial charge < -0.3 is 4.84 Å². The van der Waals surface area contributed by atoms with Crippen LogP contribution in [0.25, 0.3) is 10.8 Å². The van der Waals surface area contributed by atoms with Crippen molar-refractivity contribution in [3.63, 3.8) is 0 Å². The Morgan fingerprint density at radius 1 is 1.00 bits per heavy atom. The second-order valence-electron chi connectivity index (χ2n) is 6.49. The Kier molecular flexibility index (Phi) is 8.22. The Morgan fingerprint density at radius 2 is 1.68 bits per heavy atom. The minimum atomic E-state index is -0.599. The molecule has 8 heteroatoms. The van der Waals surface area contributed by atoms with Gasteiger partial charge in [-0.2, -0.15) is 0 Å². The molecule has 0 bridgehead atoms. The highest BCUT2D eigenvalue weighted by Gasteiger charge is 2.19. The summed E-state index contributed by atoms with van der Waals surface area (Å²) in [5, 5.41) is 5.85. The molecular weight excluding hydrogens is 549 g/mol. The number of hydrogen-bond acceptors (Lipinski definition) is 6. The Morgan fingerprint density at radius 3 is 2.32 bits per heavy atom. The molecule has 0 aliphatic heterocycles. The topological polar surface area (TPSA) is 72.8 Å². The lowest BCUT2D eigenvalue weighted by Gasteiger charge is -2.09. The summed E-state index contributed by atoms with van der Waals surface area (Å²) in [6.07, 6.45) is 0.292. The van der Waals surface area contributed by atoms with Crippen molar-refractivity contribution in [2.75, 3.05) is 5.75 Å². The van der Waals surface area contributed by atoms with Crippen molar-refractivity contribution in [2.24, 2.45) is 5.16 Å². The number of halogens is 2. The van der Waals surface area contributed by atoms with Crippen LogP contribution in [-0.4, -0.2) is 27.0 Å². The molecule has 3 rings (SSSR count). The van der Waals surface area contributed by atoms with Crippen LogP contribution in [0.3, 0.4) is 0 Å². The van der Waals surface area contributed by atoms with Gasteiger partial charge in [-0.25, -0.2) is 4.79 Å². The number of Topliss-reactive ketones (excluding diaryl/α,β-unsaturated/α-hetero) is 1. The average molecular weight is 566 g/mol. The molecule has 31 heavy (non-hydrogen) atoms. The molecule has 0 fully saturated rings. The zero-order chi connectivity index (χ0) is 22.4. The summed E-state index contributed by atoms with van der Waals surface area (Å²) in [4.78, 5) is 41.6. The van der Waals surface area contributed by atoms with E-state index in [0.717, 1.165) is 10.3 Å². The number of nitrogens with zero attached hydrogens (tertiary/aromatic N) is 1. The third-order valence-corrected chi connectivity index (χ3v) is 6.32. The van der Waals surface area contributed by atoms with Crippen molar-refractivity contribution in [2.45, 2.75) is 18.2 Å². The normalized spacial score (nSPS) is 11.4. The van der Waals surface area contributed by atoms with Gasteiger partial charge in [0, 0.05) is 68.1 Å². The SMILES string of the molecule is CC(=O)O/N=C(\CCSc1ccc(C(=O)I)cc1)C(=O)c1ccc(Cl)c2ccccc12. The number of rotatable bonds is 8. The molecule has 0 heterocycles. The van der Waals surface area contributed by atoms with Gasteiger partial charge in [0.1, 0.15) is 5.71 Å². The van der Waals surface area contributed by atoms with E-state index < -0.39 is 5.97 Å². The average Bonchev–Trinajstić information content (AvgIpc) is 2.76. The molecule has 158 valence electrons. The maximum atomic E-state index is 13.2. The van der Waals surface area contributed by atoms with Crippen LogP contribution in [0.1, 0.15) is 34.1 Å². The fraction of sp³-hybridized carbons (Fsp3) is 0.130. The molecule has 0 radical (unpaired) electrons. The van der Waals surface area contributed by atoms with E-state index in [1.807, 2.05) is 36.4 Å². The number of carbonyl (C=O) groups excluding carboxylic acids is 3. The van der Waals surface area contributed by atoms with Gasteiger partial charge in [0.25, 0.3) is 0 Å². The molecule has 0 aliphatic rings. The number of fused-ring (bicyclic) bond motifs is 1. The van der Waals surface area contributed by atoms with Crippen LogP contribution in [0.2, 0.25) is 5.02 Å². The largest absolute Gasteiger partial charge is 0.331 e. The molecule has 5 nitrogen and oxygen atoms in total. The molecule has 0 saturated carbocycles. The quantitative estimate of drug-likeness (QED) is 0.0605. The monoisotopic (exact) mass is 565 g/mol. The van der Waals surface area contributed by atoms with Gasteiger partial charge in [0.2, 0.25) is 9.57 Å². The fourth-order valence-corrected chi connectivity index (χ4v) is 4.33. The standard InChI is InChI=1S/C23H17ClINO4S/c1-14(27)30-26-21(12-13-31-16-8-6-15(7-9-16)23(25)29)22(28)19-10-11-20(24)18-5-3-2-4-17(18)19/h2-11H,12-13H2,1H3/b26-21+. The first kappa shape index (κ1) is 23.4. The van der Waals surface area contributed by atoms with Crippen molar-refractivity contribution in [1.82, 2.24) is 0 Å². The zero-order valence-electron chi connectivity index (χ0n) is 16.4. The highest BCUT2D eigenvalue weighted by Crippen LogP contribution is 2.28. The third kappa shape index (κ3) is 6.15. The van der Waals surface area contributed by atoms with E-state index in [-0.39, 0.29) is 15.3 Å². The van der Waals surface area contributed by atoms with E-state index in [1.54, 1.807) is 46.9 Å². The van der Waals surface area contributed by atoms with Gasteiger partial charge >= 0.3 is 5.97 Å². The van der Waals surface area contributed by atoms with Gasteiger partial charge in [0.05, 0.1) is 0 Å². The number of benzene rings is 3. The Balaban J connectivity index is 1.80. The molecule has 0 atom stereocenters. The number of ketones is 1. The number of carbonyl (C=O) groups is 3. The lowest BCUT2D eigenvalue weighted by molar-refractivity contribution is -0.140. The van der Waals surface area contributed by atoms with Crippen LogP contribution in [0, 0.1) is 0 Å². The van der Waals surface area contributed by atoms with E-state index in [2.05, 4.69) is 5.16 Å². The number of thioether (sulfide) groups is 1. The van der Waals surface area contributed by atoms with Crippen LogP contribution in [0.4, 0.5) is 0 Å². The van der Waals surface area contributed by atoms with Crippen molar-refractivity contribution < 1.29 is 19.2 Å². The predicted molar refractivity (Wildman–Crippen MR) is 133 cm³/mol. The molecule has 0 aliphatic carbocycles. The minimum Gasteiger partial charge on any atom is -0.318 e. The van der Waals surface area contributed by atoms with Crippen LogP contribution >= 0.6 is 46.0 Å². The number of oxime groups is 1. The van der Waals surface area contributed by atoms with Gasteiger partial charge in [-0.05, 0) is 41.8 Å². The van der Waals surface area contributed by atoms with Crippen molar-refractivity contribution >= 4 is 78.0 Å². The Labute approximate surface area is 202 Å². The van der Waals surface area contributed by atoms with Crippen molar-refractivity contribution in [1.29, 1.82) is 0 Å². The summed E-state index contributed by atoms with van der Waals surface area (Å²) in [6.45, 7) is 1.23. The first-order chi connectivity index (χ1) is 14.9. The smallest absolute Gasteiger partial charge is 0.318 e. The first-order valence-corrected chi connectivity index (χ1v) is 11.7. The van der Waals surface area contributed by atoms with E-state index in [4.69, 9.17) is 16.4 Å². The molecule has 3 aromatic carbocycles. The first-order valence-electron chi connectivity index (χ1n) is 9.26. The third-order valence-electron chi connectivity index (χ3n) is 4.35.